The van der Waals surface area contributed by atoms with E-state index in [0.717, 1.165) is 90.5 Å². The first kappa shape index (κ1) is 61.3. The molecule has 12 aromatic carbocycles. The molecule has 0 heterocycles. The van der Waals surface area contributed by atoms with E-state index in [2.05, 4.69) is 189 Å². The minimum Gasteiger partial charge on any atom is -0.497 e. The zero-order chi connectivity index (χ0) is 64.2. The number of ether oxygens (including phenoxy) is 9. The number of nitrogens with zero attached hydrogens (tertiary/aromatic N) is 4. The van der Waals surface area contributed by atoms with Gasteiger partial charge in [0.25, 0.3) is 0 Å². The molecule has 0 saturated carbocycles. The Morgan fingerprint density at radius 2 is 0.387 bits per heavy atom. The lowest BCUT2D eigenvalue weighted by atomic mass is 9.96. The van der Waals surface area contributed by atoms with Gasteiger partial charge in [0, 0.05) is 45.5 Å². The van der Waals surface area contributed by atoms with Crippen molar-refractivity contribution >= 4 is 68.2 Å². The summed E-state index contributed by atoms with van der Waals surface area (Å²) in [6, 6.07) is 94.0. The quantitative estimate of drug-likeness (QED) is 0.0575. The fourth-order valence-corrected chi connectivity index (χ4v) is 11.5. The maximum absolute atomic E-state index is 8.00. The lowest BCUT2D eigenvalue weighted by Crippen LogP contribution is -2.19. The van der Waals surface area contributed by atoms with Gasteiger partial charge in [-0.05, 0) is 230 Å². The molecule has 0 atom stereocenters. The van der Waals surface area contributed by atoms with E-state index in [9.17, 15) is 0 Å². The molecular formula is C80H70N4O9. The normalized spacial score (nSPS) is 10.8. The first-order valence-corrected chi connectivity index (χ1v) is 30.2. The summed E-state index contributed by atoms with van der Waals surface area (Å²) < 4.78 is 54.3. The second kappa shape index (κ2) is 28.3. The van der Waals surface area contributed by atoms with Crippen LogP contribution in [0.15, 0.2) is 279 Å². The third kappa shape index (κ3) is 12.9. The van der Waals surface area contributed by atoms with Crippen molar-refractivity contribution in [2.75, 3.05) is 76.5 Å². The molecular weight excluding hydrogens is 1160 g/mol. The van der Waals surface area contributed by atoms with Crippen LogP contribution in [-0.2, 0) is 0 Å². The Hall–Kier alpha value is -12.0. The van der Waals surface area contributed by atoms with E-state index in [1.54, 1.807) is 56.9 Å². The van der Waals surface area contributed by atoms with Crippen LogP contribution in [0.5, 0.6) is 57.5 Å². The summed E-state index contributed by atoms with van der Waals surface area (Å²) in [7, 11) is 13.4. The van der Waals surface area contributed by atoms with Crippen LogP contribution in [0.4, 0.5) is 68.2 Å². The summed E-state index contributed by atoms with van der Waals surface area (Å²) in [6.07, 6.45) is 0. The Labute approximate surface area is 543 Å². The fourth-order valence-electron chi connectivity index (χ4n) is 11.5. The Kier molecular flexibility index (Phi) is 18.6. The summed E-state index contributed by atoms with van der Waals surface area (Å²) in [6.45, 7) is 0. The highest BCUT2D eigenvalue weighted by atomic mass is 16.5. The minimum absolute atomic E-state index is 0.551. The van der Waals surface area contributed by atoms with E-state index in [0.29, 0.717) is 57.5 Å². The van der Waals surface area contributed by atoms with Gasteiger partial charge in [0.05, 0.1) is 90.8 Å². The van der Waals surface area contributed by atoms with Gasteiger partial charge in [-0.3, -0.25) is 0 Å². The molecule has 0 radical (unpaired) electrons. The molecule has 0 aromatic heterocycles. The molecule has 0 aliphatic rings. The van der Waals surface area contributed by atoms with Gasteiger partial charge < -0.3 is 62.2 Å². The summed E-state index contributed by atoms with van der Waals surface area (Å²) in [5.41, 5.74) is 13.3. The van der Waals surface area contributed by atoms with Crippen molar-refractivity contribution < 1.29 is 42.6 Å². The van der Waals surface area contributed by atoms with Crippen LogP contribution in [0.3, 0.4) is 0 Å². The standard InChI is InChI=1S/C80H70N4O9/c1-85-65-35-19-57(20-36-65)81(58-21-37-66(86-2)38-22-58)73-51-53-75(77(55-15-11-9-12-16-55)79(73)83(61-27-43-69(89-5)44-28-61)62-29-45-70(90-6)46-30-62)93-76-54-52-74(82(59-23-39-67(87-3)40-24-59)60-25-41-68(88-4)42-26-60)80(78(76)56-17-13-10-14-18-56)84(63-31-47-71(91-7)48-32-63)64-33-49-72(92-8)50-34-64/h9-54H,1-8H3. The molecule has 0 N–H and O–H groups in total. The summed E-state index contributed by atoms with van der Waals surface area (Å²) in [4.78, 5) is 9.04. The molecule has 0 fully saturated rings. The Bertz CT molecular complexity index is 3930. The van der Waals surface area contributed by atoms with Gasteiger partial charge in [-0.15, -0.1) is 0 Å². The van der Waals surface area contributed by atoms with Gasteiger partial charge in [0.15, 0.2) is 0 Å². The average molecular weight is 1230 g/mol. The van der Waals surface area contributed by atoms with E-state index >= 15 is 0 Å². The van der Waals surface area contributed by atoms with Gasteiger partial charge in [0.2, 0.25) is 0 Å². The molecule has 0 saturated heterocycles. The third-order valence-electron chi connectivity index (χ3n) is 16.2. The summed E-state index contributed by atoms with van der Waals surface area (Å²) >= 11 is 0. The number of methoxy groups -OCH3 is 8. The van der Waals surface area contributed by atoms with Gasteiger partial charge in [-0.25, -0.2) is 0 Å². The number of hydrogen-bond acceptors (Lipinski definition) is 13. The van der Waals surface area contributed by atoms with E-state index in [4.69, 9.17) is 42.6 Å². The van der Waals surface area contributed by atoms with Crippen molar-refractivity contribution in [3.8, 4) is 79.7 Å². The van der Waals surface area contributed by atoms with E-state index in [-0.39, 0.29) is 0 Å². The van der Waals surface area contributed by atoms with Crippen LogP contribution >= 0.6 is 0 Å². The van der Waals surface area contributed by atoms with Crippen molar-refractivity contribution in [2.24, 2.45) is 0 Å². The van der Waals surface area contributed by atoms with Crippen molar-refractivity contribution in [2.45, 2.75) is 0 Å². The van der Waals surface area contributed by atoms with Crippen molar-refractivity contribution in [3.63, 3.8) is 0 Å². The Morgan fingerprint density at radius 1 is 0.194 bits per heavy atom. The molecule has 13 heteroatoms. The van der Waals surface area contributed by atoms with Crippen molar-refractivity contribution in [1.29, 1.82) is 0 Å². The van der Waals surface area contributed by atoms with Crippen LogP contribution in [0.25, 0.3) is 22.3 Å². The van der Waals surface area contributed by atoms with Crippen LogP contribution < -0.4 is 62.2 Å². The number of anilines is 12. The number of hydrogen-bond donors (Lipinski definition) is 0. The van der Waals surface area contributed by atoms with E-state index in [1.807, 2.05) is 109 Å². The Morgan fingerprint density at radius 3 is 0.581 bits per heavy atom. The maximum Gasteiger partial charge on any atom is 0.137 e. The first-order valence-electron chi connectivity index (χ1n) is 30.2. The molecule has 12 aromatic rings. The molecule has 0 spiro atoms. The SMILES string of the molecule is COc1ccc(N(c2ccc(OC)cc2)c2ccc(Oc3ccc(N(c4ccc(OC)cc4)c4ccc(OC)cc4)c(N(c4ccc(OC)cc4)c4ccc(OC)cc4)c3-c3ccccc3)c(-c3ccccc3)c2N(c2ccc(OC)cc2)c2ccc(OC)cc2)cc1. The lowest BCUT2D eigenvalue weighted by molar-refractivity contribution is 0.414. The van der Waals surface area contributed by atoms with E-state index < -0.39 is 0 Å². The fraction of sp³-hybridized carbons (Fsp3) is 0.100. The van der Waals surface area contributed by atoms with Gasteiger partial charge >= 0.3 is 0 Å². The smallest absolute Gasteiger partial charge is 0.137 e. The molecule has 464 valence electrons. The van der Waals surface area contributed by atoms with E-state index in [1.165, 1.54) is 0 Å². The molecule has 0 aliphatic heterocycles. The van der Waals surface area contributed by atoms with Crippen LogP contribution in [0.1, 0.15) is 0 Å². The van der Waals surface area contributed by atoms with Crippen LogP contribution in [0.2, 0.25) is 0 Å². The average Bonchev–Trinajstić information content (AvgIpc) is 0.763. The molecule has 0 bridgehead atoms. The molecule has 0 unspecified atom stereocenters. The molecule has 13 nitrogen and oxygen atoms in total. The molecule has 0 amide bonds. The second-order valence-electron chi connectivity index (χ2n) is 21.4. The third-order valence-corrected chi connectivity index (χ3v) is 16.2. The zero-order valence-electron chi connectivity index (χ0n) is 53.0. The van der Waals surface area contributed by atoms with Crippen LogP contribution in [-0.4, -0.2) is 56.9 Å². The lowest BCUT2D eigenvalue weighted by Gasteiger charge is -2.36. The maximum atomic E-state index is 8.00. The Balaban J connectivity index is 1.22. The minimum atomic E-state index is 0.551. The highest BCUT2D eigenvalue weighted by Gasteiger charge is 2.33. The molecule has 93 heavy (non-hydrogen) atoms. The largest absolute Gasteiger partial charge is 0.497 e. The van der Waals surface area contributed by atoms with Gasteiger partial charge in [-0.2, -0.15) is 0 Å². The van der Waals surface area contributed by atoms with Crippen LogP contribution in [0, 0.1) is 0 Å². The van der Waals surface area contributed by atoms with Gasteiger partial charge in [-0.1, -0.05) is 60.7 Å². The van der Waals surface area contributed by atoms with Gasteiger partial charge in [0.1, 0.15) is 57.5 Å². The summed E-state index contributed by atoms with van der Waals surface area (Å²) in [5.74, 6) is 6.78. The molecule has 0 aliphatic carbocycles. The highest BCUT2D eigenvalue weighted by Crippen LogP contribution is 2.58. The highest BCUT2D eigenvalue weighted by molar-refractivity contribution is 6.04. The number of rotatable bonds is 24. The van der Waals surface area contributed by atoms with Crippen molar-refractivity contribution in [1.82, 2.24) is 0 Å². The molecule has 12 rings (SSSR count). The van der Waals surface area contributed by atoms with Crippen molar-refractivity contribution in [3.05, 3.63) is 279 Å². The second-order valence-corrected chi connectivity index (χ2v) is 21.4. The predicted octanol–water partition coefficient (Wildman–Crippen LogP) is 20.8. The predicted molar refractivity (Wildman–Crippen MR) is 375 cm³/mol. The summed E-state index contributed by atoms with van der Waals surface area (Å²) in [5, 5.41) is 0. The monoisotopic (exact) mass is 1230 g/mol. The topological polar surface area (TPSA) is 96.0 Å². The first-order chi connectivity index (χ1) is 45.7. The number of benzene rings is 12. The zero-order valence-corrected chi connectivity index (χ0v) is 53.0.